The highest BCUT2D eigenvalue weighted by Gasteiger charge is 2.19. The van der Waals surface area contributed by atoms with Crippen LogP contribution < -0.4 is 11.1 Å². The van der Waals surface area contributed by atoms with Crippen molar-refractivity contribution in [3.8, 4) is 11.5 Å². The highest BCUT2D eigenvalue weighted by Crippen LogP contribution is 2.19. The minimum Gasteiger partial charge on any atom is -0.341 e. The fourth-order valence-electron chi connectivity index (χ4n) is 2.10. The molecule has 0 radical (unpaired) electrons. The van der Waals surface area contributed by atoms with Crippen molar-refractivity contribution in [1.29, 1.82) is 0 Å². The molecule has 3 aromatic rings. The monoisotopic (exact) mass is 379 g/mol. The standard InChI is InChI=1S/C16H17N5O2S.ClH/c1-10(18-15(22)12-9-24-13(19-12)7-8-17)14-20-16(23-21-14)11-5-3-2-4-6-11;/h2-6,9-10H,7-8,17H2,1H3,(H,18,22);1H. The number of aromatic nitrogens is 3. The highest BCUT2D eigenvalue weighted by atomic mass is 35.5. The maximum atomic E-state index is 12.2. The first kappa shape index (κ1) is 19.0. The van der Waals surface area contributed by atoms with Crippen molar-refractivity contribution < 1.29 is 9.32 Å². The molecule has 3 N–H and O–H groups in total. The van der Waals surface area contributed by atoms with E-state index in [4.69, 9.17) is 10.3 Å². The molecule has 0 spiro atoms. The molecule has 1 aromatic carbocycles. The molecule has 0 saturated heterocycles. The zero-order valence-electron chi connectivity index (χ0n) is 13.5. The van der Waals surface area contributed by atoms with Gasteiger partial charge in [-0.3, -0.25) is 4.79 Å². The number of benzene rings is 1. The van der Waals surface area contributed by atoms with E-state index in [2.05, 4.69) is 20.4 Å². The summed E-state index contributed by atoms with van der Waals surface area (Å²) < 4.78 is 5.26. The average Bonchev–Trinajstić information content (AvgIpc) is 3.25. The Morgan fingerprint density at radius 1 is 1.32 bits per heavy atom. The van der Waals surface area contributed by atoms with Gasteiger partial charge in [0, 0.05) is 17.4 Å². The van der Waals surface area contributed by atoms with Crippen LogP contribution >= 0.6 is 23.7 Å². The van der Waals surface area contributed by atoms with Gasteiger partial charge in [-0.1, -0.05) is 23.4 Å². The van der Waals surface area contributed by atoms with Crippen LogP contribution in [0, 0.1) is 0 Å². The lowest BCUT2D eigenvalue weighted by molar-refractivity contribution is 0.0933. The number of rotatable bonds is 6. The zero-order chi connectivity index (χ0) is 16.9. The van der Waals surface area contributed by atoms with E-state index >= 15 is 0 Å². The molecule has 25 heavy (non-hydrogen) atoms. The van der Waals surface area contributed by atoms with Gasteiger partial charge in [-0.05, 0) is 25.6 Å². The molecule has 0 aliphatic heterocycles. The van der Waals surface area contributed by atoms with Gasteiger partial charge in [0.15, 0.2) is 5.82 Å². The number of hydrogen-bond acceptors (Lipinski definition) is 7. The molecule has 0 aliphatic rings. The summed E-state index contributed by atoms with van der Waals surface area (Å²) in [5.74, 6) is 0.568. The maximum absolute atomic E-state index is 12.2. The third-order valence-corrected chi connectivity index (χ3v) is 4.25. The normalized spacial score (nSPS) is 11.6. The fourth-order valence-corrected chi connectivity index (χ4v) is 2.89. The second-order valence-corrected chi connectivity index (χ2v) is 6.13. The van der Waals surface area contributed by atoms with Gasteiger partial charge in [0.1, 0.15) is 5.69 Å². The summed E-state index contributed by atoms with van der Waals surface area (Å²) in [5, 5.41) is 9.33. The van der Waals surface area contributed by atoms with Gasteiger partial charge >= 0.3 is 0 Å². The van der Waals surface area contributed by atoms with Crippen molar-refractivity contribution in [2.75, 3.05) is 6.54 Å². The molecule has 0 aliphatic carbocycles. The summed E-state index contributed by atoms with van der Waals surface area (Å²) in [4.78, 5) is 20.8. The lowest BCUT2D eigenvalue weighted by Crippen LogP contribution is -2.27. The van der Waals surface area contributed by atoms with Crippen LogP contribution in [-0.2, 0) is 6.42 Å². The van der Waals surface area contributed by atoms with Crippen molar-refractivity contribution in [3.05, 3.63) is 52.2 Å². The smallest absolute Gasteiger partial charge is 0.271 e. The number of nitrogens with one attached hydrogen (secondary N) is 1. The van der Waals surface area contributed by atoms with Gasteiger partial charge in [-0.25, -0.2) is 4.98 Å². The van der Waals surface area contributed by atoms with E-state index in [9.17, 15) is 4.79 Å². The molecule has 1 atom stereocenters. The molecule has 2 aromatic heterocycles. The van der Waals surface area contributed by atoms with Crippen molar-refractivity contribution in [3.63, 3.8) is 0 Å². The molecule has 0 bridgehead atoms. The summed E-state index contributed by atoms with van der Waals surface area (Å²) in [6, 6.07) is 9.08. The number of amides is 1. The van der Waals surface area contributed by atoms with Gasteiger partial charge in [0.25, 0.3) is 11.8 Å². The van der Waals surface area contributed by atoms with Gasteiger partial charge in [0.2, 0.25) is 0 Å². The van der Waals surface area contributed by atoms with Crippen molar-refractivity contribution in [2.24, 2.45) is 5.73 Å². The Morgan fingerprint density at radius 2 is 2.08 bits per heavy atom. The summed E-state index contributed by atoms with van der Waals surface area (Å²) in [6.07, 6.45) is 0.665. The van der Waals surface area contributed by atoms with E-state index in [1.54, 1.807) is 12.3 Å². The van der Waals surface area contributed by atoms with E-state index in [1.165, 1.54) is 11.3 Å². The second-order valence-electron chi connectivity index (χ2n) is 5.18. The molecule has 2 heterocycles. The molecule has 132 valence electrons. The van der Waals surface area contributed by atoms with Crippen LogP contribution in [0.5, 0.6) is 0 Å². The Kier molecular flexibility index (Phi) is 6.63. The average molecular weight is 380 g/mol. The largest absolute Gasteiger partial charge is 0.341 e. The van der Waals surface area contributed by atoms with Gasteiger partial charge in [-0.15, -0.1) is 23.7 Å². The van der Waals surface area contributed by atoms with Gasteiger partial charge in [0.05, 0.1) is 11.0 Å². The minimum absolute atomic E-state index is 0. The number of nitrogens with two attached hydrogens (primary N) is 1. The molecule has 7 nitrogen and oxygen atoms in total. The van der Waals surface area contributed by atoms with Crippen LogP contribution in [0.2, 0.25) is 0 Å². The summed E-state index contributed by atoms with van der Waals surface area (Å²) in [7, 11) is 0. The number of thiazole rings is 1. The summed E-state index contributed by atoms with van der Waals surface area (Å²) in [6.45, 7) is 2.31. The second kappa shape index (κ2) is 8.70. The number of halogens is 1. The molecule has 0 saturated carbocycles. The molecule has 1 amide bonds. The first-order chi connectivity index (χ1) is 11.7. The van der Waals surface area contributed by atoms with E-state index in [1.807, 2.05) is 30.3 Å². The molecule has 3 rings (SSSR count). The number of nitrogens with zero attached hydrogens (tertiary/aromatic N) is 3. The Bertz CT molecular complexity index is 821. The molecular weight excluding hydrogens is 362 g/mol. The van der Waals surface area contributed by atoms with Crippen LogP contribution in [0.1, 0.15) is 34.3 Å². The number of carbonyl (C=O) groups excluding carboxylic acids is 1. The summed E-state index contributed by atoms with van der Waals surface area (Å²) in [5.41, 5.74) is 6.70. The minimum atomic E-state index is -0.390. The Labute approximate surface area is 155 Å². The van der Waals surface area contributed by atoms with Gasteiger partial charge < -0.3 is 15.6 Å². The van der Waals surface area contributed by atoms with Crippen LogP contribution in [-0.4, -0.2) is 27.6 Å². The molecule has 1 unspecified atom stereocenters. The van der Waals surface area contributed by atoms with Crippen LogP contribution in [0.4, 0.5) is 0 Å². The van der Waals surface area contributed by atoms with E-state index < -0.39 is 6.04 Å². The fraction of sp³-hybridized carbons (Fsp3) is 0.250. The maximum Gasteiger partial charge on any atom is 0.271 e. The van der Waals surface area contributed by atoms with Crippen LogP contribution in [0.3, 0.4) is 0 Å². The lowest BCUT2D eigenvalue weighted by atomic mass is 10.2. The predicted molar refractivity (Wildman–Crippen MR) is 97.7 cm³/mol. The van der Waals surface area contributed by atoms with E-state index in [0.29, 0.717) is 30.4 Å². The van der Waals surface area contributed by atoms with Crippen molar-refractivity contribution in [1.82, 2.24) is 20.4 Å². The van der Waals surface area contributed by atoms with Gasteiger partial charge in [-0.2, -0.15) is 4.98 Å². The zero-order valence-corrected chi connectivity index (χ0v) is 15.1. The Hall–Kier alpha value is -2.29. The first-order valence-electron chi connectivity index (χ1n) is 7.51. The molecule has 0 fully saturated rings. The highest BCUT2D eigenvalue weighted by molar-refractivity contribution is 7.09. The predicted octanol–water partition coefficient (Wildman–Crippen LogP) is 2.61. The topological polar surface area (TPSA) is 107 Å². The lowest BCUT2D eigenvalue weighted by Gasteiger charge is -2.08. The SMILES string of the molecule is CC(NC(=O)c1csc(CCN)n1)c1noc(-c2ccccc2)n1.Cl. The Balaban J connectivity index is 0.00000225. The van der Waals surface area contributed by atoms with Crippen LogP contribution in [0.15, 0.2) is 40.2 Å². The Morgan fingerprint density at radius 3 is 2.80 bits per heavy atom. The molecule has 9 heteroatoms. The van der Waals surface area contributed by atoms with Crippen LogP contribution in [0.25, 0.3) is 11.5 Å². The number of carbonyl (C=O) groups is 1. The van der Waals surface area contributed by atoms with E-state index in [0.717, 1.165) is 10.6 Å². The van der Waals surface area contributed by atoms with E-state index in [-0.39, 0.29) is 18.3 Å². The quantitative estimate of drug-likeness (QED) is 0.681. The first-order valence-corrected chi connectivity index (χ1v) is 8.39. The number of hydrogen-bond donors (Lipinski definition) is 2. The third-order valence-electron chi connectivity index (χ3n) is 3.34. The van der Waals surface area contributed by atoms with Crippen molar-refractivity contribution >= 4 is 29.7 Å². The summed E-state index contributed by atoms with van der Waals surface area (Å²) >= 11 is 1.43. The molecular formula is C16H18ClN5O2S. The third kappa shape index (κ3) is 4.62. The van der Waals surface area contributed by atoms with Crippen molar-refractivity contribution in [2.45, 2.75) is 19.4 Å².